The van der Waals surface area contributed by atoms with Crippen LogP contribution in [0.4, 0.5) is 0 Å². The number of nitrogens with two attached hydrogens (primary N) is 1. The number of rotatable bonds is 6. The predicted octanol–water partition coefficient (Wildman–Crippen LogP) is 2.16. The van der Waals surface area contributed by atoms with Crippen LogP contribution in [-0.2, 0) is 6.42 Å². The molecule has 0 unspecified atom stereocenters. The van der Waals surface area contributed by atoms with Gasteiger partial charge in [0.15, 0.2) is 0 Å². The topological polar surface area (TPSA) is 51.8 Å². The van der Waals surface area contributed by atoms with E-state index in [-0.39, 0.29) is 0 Å². The Bertz CT molecular complexity index is 277. The highest BCUT2D eigenvalue weighted by Crippen LogP contribution is 2.05. The summed E-state index contributed by atoms with van der Waals surface area (Å²) in [6, 6.07) is 2.01. The van der Waals surface area contributed by atoms with Gasteiger partial charge in [-0.05, 0) is 39.3 Å². The fraction of sp³-hybridized carbons (Fsp3) is 0.667. The van der Waals surface area contributed by atoms with Crippen LogP contribution in [0.3, 0.4) is 0 Å². The minimum atomic E-state index is 0.806. The Morgan fingerprint density at radius 1 is 1.00 bits per heavy atom. The minimum Gasteiger partial charge on any atom is -0.330 e. The van der Waals surface area contributed by atoms with Gasteiger partial charge < -0.3 is 5.73 Å². The quantitative estimate of drug-likeness (QED) is 0.727. The molecule has 2 N–H and O–H groups in total. The van der Waals surface area contributed by atoms with Gasteiger partial charge in [0.05, 0.1) is 0 Å². The van der Waals surface area contributed by atoms with Gasteiger partial charge in [-0.25, -0.2) is 9.97 Å². The lowest BCUT2D eigenvalue weighted by Gasteiger charge is -2.03. The van der Waals surface area contributed by atoms with Gasteiger partial charge in [-0.2, -0.15) is 0 Å². The molecule has 0 aliphatic heterocycles. The number of hydrogen-bond donors (Lipinski definition) is 1. The molecule has 0 bridgehead atoms. The molecule has 0 aliphatic carbocycles. The van der Waals surface area contributed by atoms with E-state index in [4.69, 9.17) is 5.73 Å². The average molecular weight is 207 g/mol. The van der Waals surface area contributed by atoms with Crippen LogP contribution < -0.4 is 5.73 Å². The van der Waals surface area contributed by atoms with Gasteiger partial charge in [-0.15, -0.1) is 0 Å². The first-order valence-electron chi connectivity index (χ1n) is 5.73. The molecule has 0 radical (unpaired) electrons. The van der Waals surface area contributed by atoms with Crippen molar-refractivity contribution < 1.29 is 0 Å². The number of aromatic nitrogens is 2. The maximum Gasteiger partial charge on any atom is 0.128 e. The summed E-state index contributed by atoms with van der Waals surface area (Å²) in [6.45, 7) is 4.85. The maximum atomic E-state index is 5.44. The van der Waals surface area contributed by atoms with Crippen LogP contribution >= 0.6 is 0 Å². The van der Waals surface area contributed by atoms with Crippen LogP contribution in [0.25, 0.3) is 0 Å². The van der Waals surface area contributed by atoms with Crippen LogP contribution in [0.5, 0.6) is 0 Å². The standard InChI is InChI=1S/C12H21N3/c1-10-9-11(2)15-12(14-10)7-5-3-4-6-8-13/h9H,3-8,13H2,1-2H3. The van der Waals surface area contributed by atoms with Crippen molar-refractivity contribution in [2.75, 3.05) is 6.54 Å². The van der Waals surface area contributed by atoms with Crippen LogP contribution in [0.1, 0.15) is 42.9 Å². The summed E-state index contributed by atoms with van der Waals surface area (Å²) in [5, 5.41) is 0. The Kier molecular flexibility index (Phi) is 5.26. The number of unbranched alkanes of at least 4 members (excludes halogenated alkanes) is 3. The average Bonchev–Trinajstić information content (AvgIpc) is 2.16. The van der Waals surface area contributed by atoms with Gasteiger partial charge in [0, 0.05) is 17.8 Å². The Morgan fingerprint density at radius 3 is 2.20 bits per heavy atom. The summed E-state index contributed by atoms with van der Waals surface area (Å²) in [5.41, 5.74) is 7.57. The summed E-state index contributed by atoms with van der Waals surface area (Å²) < 4.78 is 0. The minimum absolute atomic E-state index is 0.806. The van der Waals surface area contributed by atoms with Crippen molar-refractivity contribution in [2.24, 2.45) is 5.73 Å². The lowest BCUT2D eigenvalue weighted by molar-refractivity contribution is 0.633. The number of aryl methyl sites for hydroxylation is 3. The van der Waals surface area contributed by atoms with Crippen molar-refractivity contribution in [2.45, 2.75) is 46.0 Å². The van der Waals surface area contributed by atoms with E-state index in [2.05, 4.69) is 9.97 Å². The van der Waals surface area contributed by atoms with Crippen LogP contribution in [0, 0.1) is 13.8 Å². The Morgan fingerprint density at radius 2 is 1.60 bits per heavy atom. The maximum absolute atomic E-state index is 5.44. The lowest BCUT2D eigenvalue weighted by atomic mass is 10.1. The third kappa shape index (κ3) is 4.88. The van der Waals surface area contributed by atoms with Crippen molar-refractivity contribution in [1.29, 1.82) is 0 Å². The molecule has 0 aromatic carbocycles. The zero-order valence-electron chi connectivity index (χ0n) is 9.79. The summed E-state index contributed by atoms with van der Waals surface area (Å²) in [7, 11) is 0. The molecule has 0 amide bonds. The molecule has 1 rings (SSSR count). The monoisotopic (exact) mass is 207 g/mol. The van der Waals surface area contributed by atoms with Crippen molar-refractivity contribution in [3.05, 3.63) is 23.3 Å². The van der Waals surface area contributed by atoms with Gasteiger partial charge in [0.2, 0.25) is 0 Å². The fourth-order valence-corrected chi connectivity index (χ4v) is 1.69. The van der Waals surface area contributed by atoms with E-state index in [0.29, 0.717) is 0 Å². The molecule has 0 saturated heterocycles. The van der Waals surface area contributed by atoms with Crippen molar-refractivity contribution >= 4 is 0 Å². The van der Waals surface area contributed by atoms with E-state index < -0.39 is 0 Å². The molecule has 1 aromatic rings. The van der Waals surface area contributed by atoms with Crippen molar-refractivity contribution in [3.63, 3.8) is 0 Å². The second kappa shape index (κ2) is 6.51. The smallest absolute Gasteiger partial charge is 0.128 e. The first kappa shape index (κ1) is 12.1. The molecule has 0 saturated carbocycles. The van der Waals surface area contributed by atoms with Crippen molar-refractivity contribution in [1.82, 2.24) is 9.97 Å². The van der Waals surface area contributed by atoms with E-state index in [0.717, 1.165) is 36.6 Å². The van der Waals surface area contributed by atoms with Gasteiger partial charge in [-0.3, -0.25) is 0 Å². The van der Waals surface area contributed by atoms with Gasteiger partial charge in [0.25, 0.3) is 0 Å². The molecule has 0 atom stereocenters. The first-order valence-corrected chi connectivity index (χ1v) is 5.73. The third-order valence-corrected chi connectivity index (χ3v) is 2.38. The van der Waals surface area contributed by atoms with Gasteiger partial charge in [-0.1, -0.05) is 12.8 Å². The molecule has 0 spiro atoms. The summed E-state index contributed by atoms with van der Waals surface area (Å²) in [4.78, 5) is 8.83. The highest BCUT2D eigenvalue weighted by Gasteiger charge is 1.99. The molecule has 3 nitrogen and oxygen atoms in total. The molecule has 84 valence electrons. The lowest BCUT2D eigenvalue weighted by Crippen LogP contribution is -2.00. The molecule has 0 aliphatic rings. The molecule has 0 fully saturated rings. The Labute approximate surface area is 92.1 Å². The SMILES string of the molecule is Cc1cc(C)nc(CCCCCCN)n1. The first-order chi connectivity index (χ1) is 7.22. The Balaban J connectivity index is 2.31. The molecule has 1 aromatic heterocycles. The normalized spacial score (nSPS) is 10.6. The van der Waals surface area contributed by atoms with E-state index in [1.54, 1.807) is 0 Å². The zero-order valence-corrected chi connectivity index (χ0v) is 9.79. The largest absolute Gasteiger partial charge is 0.330 e. The number of nitrogens with zero attached hydrogens (tertiary/aromatic N) is 2. The number of hydrogen-bond acceptors (Lipinski definition) is 3. The second-order valence-electron chi connectivity index (χ2n) is 4.02. The molecular weight excluding hydrogens is 186 g/mol. The fourth-order valence-electron chi connectivity index (χ4n) is 1.69. The van der Waals surface area contributed by atoms with Crippen LogP contribution in [0.15, 0.2) is 6.07 Å². The Hall–Kier alpha value is -0.960. The second-order valence-corrected chi connectivity index (χ2v) is 4.02. The van der Waals surface area contributed by atoms with E-state index in [1.807, 2.05) is 19.9 Å². The highest BCUT2D eigenvalue weighted by molar-refractivity contribution is 5.08. The summed E-state index contributed by atoms with van der Waals surface area (Å²) >= 11 is 0. The van der Waals surface area contributed by atoms with Gasteiger partial charge in [0.1, 0.15) is 5.82 Å². The van der Waals surface area contributed by atoms with Crippen LogP contribution in [0.2, 0.25) is 0 Å². The third-order valence-electron chi connectivity index (χ3n) is 2.38. The molecule has 1 heterocycles. The molecule has 15 heavy (non-hydrogen) atoms. The summed E-state index contributed by atoms with van der Waals surface area (Å²) in [6.07, 6.45) is 5.75. The van der Waals surface area contributed by atoms with Crippen molar-refractivity contribution in [3.8, 4) is 0 Å². The van der Waals surface area contributed by atoms with E-state index in [1.165, 1.54) is 19.3 Å². The van der Waals surface area contributed by atoms with E-state index in [9.17, 15) is 0 Å². The summed E-state index contributed by atoms with van der Waals surface area (Å²) in [5.74, 6) is 0.986. The molecule has 3 heteroatoms. The zero-order chi connectivity index (χ0) is 11.1. The highest BCUT2D eigenvalue weighted by atomic mass is 14.9. The van der Waals surface area contributed by atoms with Gasteiger partial charge >= 0.3 is 0 Å². The van der Waals surface area contributed by atoms with E-state index >= 15 is 0 Å². The predicted molar refractivity (Wildman–Crippen MR) is 62.7 cm³/mol. The van der Waals surface area contributed by atoms with Crippen LogP contribution in [-0.4, -0.2) is 16.5 Å². The molecular formula is C12H21N3.